The first kappa shape index (κ1) is 19.6. The van der Waals surface area contributed by atoms with Crippen LogP contribution in [0.2, 0.25) is 0 Å². The molecule has 1 aromatic rings. The van der Waals surface area contributed by atoms with E-state index in [4.69, 9.17) is 0 Å². The standard InChI is InChI=1S/C16H24FN3O2S.ClH/c17-15-7-5-6-14(12-15)16-13-18-8-11-20(16)23(21,22)19-9-3-1-2-4-10-19;/h5-7,12,16,18H,1-4,8-11,13H2;1H. The highest BCUT2D eigenvalue weighted by Gasteiger charge is 2.37. The van der Waals surface area contributed by atoms with Gasteiger partial charge in [0.1, 0.15) is 5.82 Å². The van der Waals surface area contributed by atoms with Crippen molar-refractivity contribution in [3.8, 4) is 0 Å². The van der Waals surface area contributed by atoms with E-state index in [0.29, 0.717) is 38.3 Å². The largest absolute Gasteiger partial charge is 0.313 e. The quantitative estimate of drug-likeness (QED) is 0.879. The highest BCUT2D eigenvalue weighted by atomic mass is 35.5. The van der Waals surface area contributed by atoms with Gasteiger partial charge in [-0.05, 0) is 30.5 Å². The van der Waals surface area contributed by atoms with Gasteiger partial charge in [0.25, 0.3) is 10.2 Å². The van der Waals surface area contributed by atoms with Crippen molar-refractivity contribution in [2.75, 3.05) is 32.7 Å². The second-order valence-electron chi connectivity index (χ2n) is 6.21. The van der Waals surface area contributed by atoms with E-state index in [9.17, 15) is 12.8 Å². The maximum absolute atomic E-state index is 13.6. The summed E-state index contributed by atoms with van der Waals surface area (Å²) in [5, 5.41) is 3.22. The zero-order valence-corrected chi connectivity index (χ0v) is 15.3. The Hall–Kier alpha value is -0.730. The lowest BCUT2D eigenvalue weighted by molar-refractivity contribution is 0.246. The predicted molar refractivity (Wildman–Crippen MR) is 94.9 cm³/mol. The zero-order chi connectivity index (χ0) is 16.3. The summed E-state index contributed by atoms with van der Waals surface area (Å²) in [5.74, 6) is -0.333. The smallest absolute Gasteiger partial charge is 0.282 e. The van der Waals surface area contributed by atoms with Crippen molar-refractivity contribution in [2.24, 2.45) is 0 Å². The SMILES string of the molecule is Cl.O=S(=O)(N1CCCCCC1)N1CCNCC1c1cccc(F)c1. The number of halogens is 2. The number of rotatable bonds is 3. The minimum absolute atomic E-state index is 0. The lowest BCUT2D eigenvalue weighted by Gasteiger charge is -2.38. The summed E-state index contributed by atoms with van der Waals surface area (Å²) in [7, 11) is -3.51. The van der Waals surface area contributed by atoms with E-state index in [2.05, 4.69) is 5.32 Å². The molecule has 5 nitrogen and oxygen atoms in total. The van der Waals surface area contributed by atoms with Crippen LogP contribution in [0.3, 0.4) is 0 Å². The third-order valence-electron chi connectivity index (χ3n) is 4.62. The lowest BCUT2D eigenvalue weighted by Crippen LogP contribution is -2.53. The van der Waals surface area contributed by atoms with Gasteiger partial charge in [0, 0.05) is 32.7 Å². The molecule has 24 heavy (non-hydrogen) atoms. The van der Waals surface area contributed by atoms with Crippen molar-refractivity contribution in [3.63, 3.8) is 0 Å². The molecule has 2 heterocycles. The molecule has 0 bridgehead atoms. The van der Waals surface area contributed by atoms with Crippen LogP contribution in [0.25, 0.3) is 0 Å². The number of benzene rings is 1. The predicted octanol–water partition coefficient (Wildman–Crippen LogP) is 2.31. The average Bonchev–Trinajstić information content (AvgIpc) is 2.85. The van der Waals surface area contributed by atoms with Crippen LogP contribution in [-0.4, -0.2) is 49.8 Å². The summed E-state index contributed by atoms with van der Waals surface area (Å²) in [6.07, 6.45) is 3.99. The highest BCUT2D eigenvalue weighted by Crippen LogP contribution is 2.28. The third kappa shape index (κ3) is 4.26. The fourth-order valence-electron chi connectivity index (χ4n) is 3.38. The van der Waals surface area contributed by atoms with E-state index in [-0.39, 0.29) is 24.3 Å². The van der Waals surface area contributed by atoms with E-state index in [1.165, 1.54) is 12.1 Å². The van der Waals surface area contributed by atoms with Gasteiger partial charge in [-0.3, -0.25) is 0 Å². The van der Waals surface area contributed by atoms with E-state index < -0.39 is 10.2 Å². The molecular weight excluding hydrogens is 353 g/mol. The molecule has 2 aliphatic heterocycles. The van der Waals surface area contributed by atoms with Gasteiger partial charge < -0.3 is 5.32 Å². The van der Waals surface area contributed by atoms with Crippen LogP contribution in [0.4, 0.5) is 4.39 Å². The fraction of sp³-hybridized carbons (Fsp3) is 0.625. The molecule has 2 aliphatic rings. The Morgan fingerprint density at radius 1 is 1.08 bits per heavy atom. The van der Waals surface area contributed by atoms with Crippen LogP contribution in [0.1, 0.15) is 37.3 Å². The van der Waals surface area contributed by atoms with Crippen molar-refractivity contribution in [2.45, 2.75) is 31.7 Å². The van der Waals surface area contributed by atoms with Gasteiger partial charge in [0.2, 0.25) is 0 Å². The average molecular weight is 378 g/mol. The third-order valence-corrected chi connectivity index (χ3v) is 6.66. The number of piperazine rings is 1. The van der Waals surface area contributed by atoms with Crippen LogP contribution in [0.5, 0.6) is 0 Å². The molecule has 2 saturated heterocycles. The Balaban J connectivity index is 0.00000208. The zero-order valence-electron chi connectivity index (χ0n) is 13.7. The summed E-state index contributed by atoms with van der Waals surface area (Å²) >= 11 is 0. The van der Waals surface area contributed by atoms with Crippen molar-refractivity contribution < 1.29 is 12.8 Å². The van der Waals surface area contributed by atoms with Gasteiger partial charge in [0.05, 0.1) is 6.04 Å². The Kier molecular flexibility index (Phi) is 7.00. The van der Waals surface area contributed by atoms with E-state index in [0.717, 1.165) is 25.7 Å². The maximum atomic E-state index is 13.6. The van der Waals surface area contributed by atoms with Crippen LogP contribution < -0.4 is 5.32 Å². The Bertz CT molecular complexity index is 636. The van der Waals surface area contributed by atoms with Gasteiger partial charge in [-0.15, -0.1) is 12.4 Å². The molecular formula is C16H25ClFN3O2S. The molecule has 0 spiro atoms. The van der Waals surface area contributed by atoms with Crippen molar-refractivity contribution in [3.05, 3.63) is 35.6 Å². The first-order valence-electron chi connectivity index (χ1n) is 8.32. The number of hydrogen-bond acceptors (Lipinski definition) is 3. The highest BCUT2D eigenvalue weighted by molar-refractivity contribution is 7.86. The lowest BCUT2D eigenvalue weighted by atomic mass is 10.1. The summed E-state index contributed by atoms with van der Waals surface area (Å²) in [4.78, 5) is 0. The minimum atomic E-state index is -3.51. The molecule has 136 valence electrons. The molecule has 0 aromatic heterocycles. The summed E-state index contributed by atoms with van der Waals surface area (Å²) in [6.45, 7) is 2.72. The second kappa shape index (κ2) is 8.58. The molecule has 1 atom stereocenters. The van der Waals surface area contributed by atoms with E-state index in [1.807, 2.05) is 0 Å². The van der Waals surface area contributed by atoms with Crippen LogP contribution in [0, 0.1) is 5.82 Å². The molecule has 2 fully saturated rings. The summed E-state index contributed by atoms with van der Waals surface area (Å²) in [6, 6.07) is 5.89. The number of nitrogens with zero attached hydrogens (tertiary/aromatic N) is 2. The minimum Gasteiger partial charge on any atom is -0.313 e. The normalized spacial score (nSPS) is 24.1. The molecule has 0 saturated carbocycles. The Labute approximate surface area is 149 Å². The fourth-order valence-corrected chi connectivity index (χ4v) is 5.24. The van der Waals surface area contributed by atoms with E-state index >= 15 is 0 Å². The first-order valence-corrected chi connectivity index (χ1v) is 9.72. The molecule has 0 radical (unpaired) electrons. The Morgan fingerprint density at radius 2 is 1.79 bits per heavy atom. The molecule has 1 N–H and O–H groups in total. The maximum Gasteiger partial charge on any atom is 0.282 e. The van der Waals surface area contributed by atoms with Gasteiger partial charge in [0.15, 0.2) is 0 Å². The van der Waals surface area contributed by atoms with Gasteiger partial charge >= 0.3 is 0 Å². The van der Waals surface area contributed by atoms with Crippen molar-refractivity contribution >= 4 is 22.6 Å². The van der Waals surface area contributed by atoms with Crippen molar-refractivity contribution in [1.82, 2.24) is 13.9 Å². The van der Waals surface area contributed by atoms with Crippen LogP contribution in [0.15, 0.2) is 24.3 Å². The van der Waals surface area contributed by atoms with Gasteiger partial charge in [-0.1, -0.05) is 25.0 Å². The monoisotopic (exact) mass is 377 g/mol. The summed E-state index contributed by atoms with van der Waals surface area (Å²) in [5.41, 5.74) is 0.704. The topological polar surface area (TPSA) is 52.7 Å². The first-order chi connectivity index (χ1) is 11.1. The Morgan fingerprint density at radius 3 is 2.46 bits per heavy atom. The molecule has 3 rings (SSSR count). The van der Waals surface area contributed by atoms with Gasteiger partial charge in [-0.2, -0.15) is 17.0 Å². The van der Waals surface area contributed by atoms with Gasteiger partial charge in [-0.25, -0.2) is 4.39 Å². The molecule has 1 unspecified atom stereocenters. The van der Waals surface area contributed by atoms with Crippen LogP contribution in [-0.2, 0) is 10.2 Å². The van der Waals surface area contributed by atoms with E-state index in [1.54, 1.807) is 20.7 Å². The molecule has 0 aliphatic carbocycles. The molecule has 1 aromatic carbocycles. The molecule has 8 heteroatoms. The molecule has 0 amide bonds. The summed E-state index contributed by atoms with van der Waals surface area (Å²) < 4.78 is 42.9. The number of nitrogens with one attached hydrogen (secondary N) is 1. The number of hydrogen-bond donors (Lipinski definition) is 1. The second-order valence-corrected chi connectivity index (χ2v) is 8.09. The van der Waals surface area contributed by atoms with Crippen molar-refractivity contribution in [1.29, 1.82) is 0 Å². The van der Waals surface area contributed by atoms with Crippen LogP contribution >= 0.6 is 12.4 Å².